The largest absolute Gasteiger partial charge is 0.465 e. The molecule has 0 aliphatic rings. The second-order valence-electron chi connectivity index (χ2n) is 3.72. The first-order valence-corrected chi connectivity index (χ1v) is 5.59. The van der Waals surface area contributed by atoms with Gasteiger partial charge in [-0.05, 0) is 12.1 Å². The number of benzene rings is 1. The van der Waals surface area contributed by atoms with E-state index in [1.165, 1.54) is 7.11 Å². The monoisotopic (exact) mass is 261 g/mol. The van der Waals surface area contributed by atoms with E-state index in [4.69, 9.17) is 16.3 Å². The minimum absolute atomic E-state index is 0.302. The van der Waals surface area contributed by atoms with Crippen molar-refractivity contribution in [2.75, 3.05) is 7.11 Å². The summed E-state index contributed by atoms with van der Waals surface area (Å²) in [7, 11) is 1.33. The number of para-hydroxylation sites is 1. The summed E-state index contributed by atoms with van der Waals surface area (Å²) in [6.45, 7) is 0. The number of rotatable bonds is 1. The first-order valence-electron chi connectivity index (χ1n) is 5.21. The van der Waals surface area contributed by atoms with Gasteiger partial charge in [-0.1, -0.05) is 17.7 Å². The second-order valence-corrected chi connectivity index (χ2v) is 4.07. The van der Waals surface area contributed by atoms with E-state index in [1.807, 2.05) is 6.07 Å². The van der Waals surface area contributed by atoms with Crippen molar-refractivity contribution in [3.63, 3.8) is 0 Å². The van der Waals surface area contributed by atoms with Crippen molar-refractivity contribution in [3.05, 3.63) is 41.4 Å². The number of hydrogen-bond donors (Lipinski definition) is 0. The Bertz CT molecular complexity index is 766. The lowest BCUT2D eigenvalue weighted by molar-refractivity contribution is 0.0603. The number of ether oxygens (including phenoxy) is 1. The molecule has 0 spiro atoms. The van der Waals surface area contributed by atoms with Crippen LogP contribution in [0.1, 0.15) is 10.4 Å². The summed E-state index contributed by atoms with van der Waals surface area (Å²) in [6.07, 6.45) is 3.26. The Hall–Kier alpha value is -2.14. The van der Waals surface area contributed by atoms with Gasteiger partial charge < -0.3 is 4.74 Å². The highest BCUT2D eigenvalue weighted by atomic mass is 35.5. The smallest absolute Gasteiger partial charge is 0.340 e. The molecule has 0 N–H and O–H groups in total. The first kappa shape index (κ1) is 11.0. The van der Waals surface area contributed by atoms with Gasteiger partial charge in [0.2, 0.25) is 0 Å². The summed E-state index contributed by atoms with van der Waals surface area (Å²) in [6, 6.07) is 5.27. The first-order chi connectivity index (χ1) is 8.72. The van der Waals surface area contributed by atoms with Gasteiger partial charge in [0.25, 0.3) is 0 Å². The lowest BCUT2D eigenvalue weighted by atomic mass is 10.1. The molecule has 0 unspecified atom stereocenters. The Morgan fingerprint density at radius 3 is 3.00 bits per heavy atom. The van der Waals surface area contributed by atoms with Gasteiger partial charge in [-0.25, -0.2) is 14.8 Å². The van der Waals surface area contributed by atoms with Gasteiger partial charge in [-0.2, -0.15) is 0 Å². The fraction of sp³-hybridized carbons (Fsp3) is 0.0833. The normalized spacial score (nSPS) is 11.0. The Morgan fingerprint density at radius 1 is 1.39 bits per heavy atom. The molecule has 2 heterocycles. The van der Waals surface area contributed by atoms with Crippen molar-refractivity contribution >= 4 is 34.1 Å². The zero-order valence-electron chi connectivity index (χ0n) is 9.42. The molecule has 18 heavy (non-hydrogen) atoms. The van der Waals surface area contributed by atoms with E-state index in [2.05, 4.69) is 9.97 Å². The van der Waals surface area contributed by atoms with Gasteiger partial charge in [0.1, 0.15) is 11.0 Å². The molecule has 90 valence electrons. The number of imidazole rings is 1. The molecule has 5 nitrogen and oxygen atoms in total. The van der Waals surface area contributed by atoms with E-state index >= 15 is 0 Å². The SMILES string of the molecule is COC(=O)c1cccc2c1nc(Cl)c1cncn12. The summed E-state index contributed by atoms with van der Waals surface area (Å²) in [5.74, 6) is -0.441. The van der Waals surface area contributed by atoms with Crippen LogP contribution in [-0.4, -0.2) is 27.4 Å². The Balaban J connectivity index is 2.48. The maximum atomic E-state index is 11.7. The third kappa shape index (κ3) is 1.44. The van der Waals surface area contributed by atoms with Crippen LogP contribution in [0.25, 0.3) is 16.6 Å². The van der Waals surface area contributed by atoms with Gasteiger partial charge >= 0.3 is 5.97 Å². The third-order valence-corrected chi connectivity index (χ3v) is 3.02. The highest BCUT2D eigenvalue weighted by Crippen LogP contribution is 2.24. The van der Waals surface area contributed by atoms with E-state index in [9.17, 15) is 4.79 Å². The zero-order chi connectivity index (χ0) is 12.7. The van der Waals surface area contributed by atoms with Crippen LogP contribution in [0.15, 0.2) is 30.7 Å². The fourth-order valence-electron chi connectivity index (χ4n) is 1.91. The highest BCUT2D eigenvalue weighted by molar-refractivity contribution is 6.33. The van der Waals surface area contributed by atoms with Crippen molar-refractivity contribution in [2.24, 2.45) is 0 Å². The van der Waals surface area contributed by atoms with E-state index in [0.717, 1.165) is 5.52 Å². The van der Waals surface area contributed by atoms with Crippen molar-refractivity contribution < 1.29 is 9.53 Å². The maximum absolute atomic E-state index is 11.7. The summed E-state index contributed by atoms with van der Waals surface area (Å²) in [5.41, 5.74) is 2.34. The van der Waals surface area contributed by atoms with Gasteiger partial charge in [0.15, 0.2) is 5.15 Å². The molecule has 6 heteroatoms. The molecule has 3 aromatic rings. The molecular weight excluding hydrogens is 254 g/mol. The molecule has 2 aromatic heterocycles. The average Bonchev–Trinajstić information content (AvgIpc) is 2.87. The lowest BCUT2D eigenvalue weighted by Crippen LogP contribution is -2.04. The van der Waals surface area contributed by atoms with Crippen molar-refractivity contribution in [3.8, 4) is 0 Å². The number of esters is 1. The van der Waals surface area contributed by atoms with Crippen LogP contribution in [0.5, 0.6) is 0 Å². The van der Waals surface area contributed by atoms with Gasteiger partial charge in [-0.3, -0.25) is 4.40 Å². The van der Waals surface area contributed by atoms with Crippen molar-refractivity contribution in [2.45, 2.75) is 0 Å². The molecule has 0 atom stereocenters. The molecule has 0 aliphatic heterocycles. The highest BCUT2D eigenvalue weighted by Gasteiger charge is 2.15. The molecule has 3 rings (SSSR count). The van der Waals surface area contributed by atoms with Crippen LogP contribution < -0.4 is 0 Å². The average molecular weight is 262 g/mol. The molecule has 0 aliphatic carbocycles. The predicted molar refractivity (Wildman–Crippen MR) is 66.8 cm³/mol. The number of hydrogen-bond acceptors (Lipinski definition) is 4. The number of aromatic nitrogens is 3. The lowest BCUT2D eigenvalue weighted by Gasteiger charge is -2.07. The van der Waals surface area contributed by atoms with Gasteiger partial charge in [0, 0.05) is 0 Å². The standard InChI is InChI=1S/C12H8ClN3O2/c1-18-12(17)7-3-2-4-8-10(7)15-11(13)9-5-14-6-16(8)9/h2-6H,1H3. The summed E-state index contributed by atoms with van der Waals surface area (Å²) in [4.78, 5) is 20.0. The number of fused-ring (bicyclic) bond motifs is 3. The van der Waals surface area contributed by atoms with Crippen LogP contribution in [-0.2, 0) is 4.74 Å². The van der Waals surface area contributed by atoms with Crippen molar-refractivity contribution in [1.82, 2.24) is 14.4 Å². The second kappa shape index (κ2) is 3.96. The van der Waals surface area contributed by atoms with Crippen LogP contribution in [0.3, 0.4) is 0 Å². The van der Waals surface area contributed by atoms with E-state index in [0.29, 0.717) is 21.7 Å². The van der Waals surface area contributed by atoms with Crippen LogP contribution >= 0.6 is 11.6 Å². The summed E-state index contributed by atoms with van der Waals surface area (Å²) < 4.78 is 6.52. The fourth-order valence-corrected chi connectivity index (χ4v) is 2.14. The molecule has 0 radical (unpaired) electrons. The van der Waals surface area contributed by atoms with Crippen LogP contribution in [0.4, 0.5) is 0 Å². The molecule has 0 saturated heterocycles. The number of carbonyl (C=O) groups is 1. The molecule has 0 saturated carbocycles. The van der Waals surface area contributed by atoms with E-state index < -0.39 is 5.97 Å². The zero-order valence-corrected chi connectivity index (χ0v) is 10.2. The Labute approximate surface area is 107 Å². The van der Waals surface area contributed by atoms with Crippen molar-refractivity contribution in [1.29, 1.82) is 0 Å². The molecule has 1 aromatic carbocycles. The molecule has 0 amide bonds. The number of carbonyl (C=O) groups excluding carboxylic acids is 1. The Morgan fingerprint density at radius 2 is 2.22 bits per heavy atom. The quantitative estimate of drug-likeness (QED) is 0.631. The van der Waals surface area contributed by atoms with Gasteiger partial charge in [-0.15, -0.1) is 0 Å². The minimum Gasteiger partial charge on any atom is -0.465 e. The Kier molecular flexibility index (Phi) is 2.41. The topological polar surface area (TPSA) is 56.5 Å². The summed E-state index contributed by atoms with van der Waals surface area (Å²) >= 11 is 6.07. The molecule has 0 fully saturated rings. The number of nitrogens with zero attached hydrogens (tertiary/aromatic N) is 3. The maximum Gasteiger partial charge on any atom is 0.340 e. The predicted octanol–water partition coefficient (Wildman–Crippen LogP) is 2.32. The van der Waals surface area contributed by atoms with E-state index in [1.54, 1.807) is 29.1 Å². The molecule has 0 bridgehead atoms. The molecular formula is C12H8ClN3O2. The van der Waals surface area contributed by atoms with Gasteiger partial charge in [0.05, 0.1) is 30.7 Å². The third-order valence-electron chi connectivity index (χ3n) is 2.74. The van der Waals surface area contributed by atoms with E-state index in [-0.39, 0.29) is 0 Å². The van der Waals surface area contributed by atoms with Crippen LogP contribution in [0, 0.1) is 0 Å². The minimum atomic E-state index is -0.441. The number of halogens is 1. The summed E-state index contributed by atoms with van der Waals surface area (Å²) in [5, 5.41) is 0.302. The number of methoxy groups -OCH3 is 1. The van der Waals surface area contributed by atoms with Crippen LogP contribution in [0.2, 0.25) is 5.15 Å².